The van der Waals surface area contributed by atoms with E-state index >= 15 is 0 Å². The van der Waals surface area contributed by atoms with Crippen molar-refractivity contribution in [2.45, 2.75) is 19.4 Å². The van der Waals surface area contributed by atoms with Crippen LogP contribution < -0.4 is 0 Å². The van der Waals surface area contributed by atoms with Crippen LogP contribution in [0.15, 0.2) is 29.3 Å². The van der Waals surface area contributed by atoms with Gasteiger partial charge in [0.2, 0.25) is 0 Å². The fourth-order valence-electron chi connectivity index (χ4n) is 1.32. The van der Waals surface area contributed by atoms with Gasteiger partial charge in [-0.2, -0.15) is 0 Å². The summed E-state index contributed by atoms with van der Waals surface area (Å²) in [5.74, 6) is 0.00387. The summed E-state index contributed by atoms with van der Waals surface area (Å²) >= 11 is 17.7. The maximum absolute atomic E-state index is 10.3. The molecular weight excluding hydrogens is 279 g/mol. The Hall–Kier alpha value is -0.210. The average molecular weight is 294 g/mol. The van der Waals surface area contributed by atoms with Gasteiger partial charge in [-0.05, 0) is 29.7 Å². The molecule has 1 N–H and O–H groups in total. The first-order valence-corrected chi connectivity index (χ1v) is 6.60. The zero-order valence-electron chi connectivity index (χ0n) is 9.75. The van der Waals surface area contributed by atoms with Gasteiger partial charge in [0.25, 0.3) is 0 Å². The van der Waals surface area contributed by atoms with Gasteiger partial charge in [-0.1, -0.05) is 49.2 Å². The van der Waals surface area contributed by atoms with E-state index in [1.54, 1.807) is 18.2 Å². The molecule has 1 nitrogen and oxygen atoms in total. The number of hydrogen-bond acceptors (Lipinski definition) is 1. The molecule has 0 bridgehead atoms. The van der Waals surface area contributed by atoms with Gasteiger partial charge < -0.3 is 5.11 Å². The molecule has 0 radical (unpaired) electrons. The summed E-state index contributed by atoms with van der Waals surface area (Å²) in [6.45, 7) is 3.75. The summed E-state index contributed by atoms with van der Waals surface area (Å²) in [7, 11) is 0. The van der Waals surface area contributed by atoms with Crippen molar-refractivity contribution in [2.75, 3.05) is 5.88 Å². The summed E-state index contributed by atoms with van der Waals surface area (Å²) < 4.78 is 0. The number of halogens is 3. The smallest absolute Gasteiger partial charge is 0.116 e. The van der Waals surface area contributed by atoms with Crippen molar-refractivity contribution < 1.29 is 5.11 Å². The lowest BCUT2D eigenvalue weighted by atomic mass is 9.91. The van der Waals surface area contributed by atoms with E-state index in [0.717, 1.165) is 5.56 Å². The molecule has 0 fully saturated rings. The number of hydrogen-bond donors (Lipinski definition) is 1. The van der Waals surface area contributed by atoms with Crippen molar-refractivity contribution in [3.63, 3.8) is 0 Å². The molecule has 0 aliphatic rings. The van der Waals surface area contributed by atoms with Crippen LogP contribution in [0.5, 0.6) is 0 Å². The highest BCUT2D eigenvalue weighted by Crippen LogP contribution is 2.31. The first kappa shape index (κ1) is 14.8. The lowest BCUT2D eigenvalue weighted by Gasteiger charge is -2.29. The molecule has 1 aromatic carbocycles. The molecule has 0 heterocycles. The second kappa shape index (κ2) is 6.10. The Labute approximate surface area is 117 Å². The van der Waals surface area contributed by atoms with E-state index < -0.39 is 5.60 Å². The minimum atomic E-state index is -1.19. The van der Waals surface area contributed by atoms with Crippen molar-refractivity contribution in [3.05, 3.63) is 39.9 Å². The first-order valence-electron chi connectivity index (χ1n) is 5.31. The van der Waals surface area contributed by atoms with Crippen molar-refractivity contribution in [1.29, 1.82) is 0 Å². The van der Waals surface area contributed by atoms with Crippen molar-refractivity contribution in [1.82, 2.24) is 0 Å². The number of aliphatic hydroxyl groups is 1. The minimum absolute atomic E-state index is 0.0592. The topological polar surface area (TPSA) is 20.2 Å². The predicted octanol–water partition coefficient (Wildman–Crippen LogP) is 4.55. The van der Waals surface area contributed by atoms with E-state index in [1.165, 1.54) is 0 Å². The Morgan fingerprint density at radius 3 is 2.29 bits per heavy atom. The molecule has 0 aliphatic heterocycles. The summed E-state index contributed by atoms with van der Waals surface area (Å²) in [4.78, 5) is 0. The maximum atomic E-state index is 10.3. The average Bonchev–Trinajstić information content (AvgIpc) is 2.30. The van der Waals surface area contributed by atoms with Crippen LogP contribution in [0.25, 0.3) is 6.08 Å². The minimum Gasteiger partial charge on any atom is -0.383 e. The fourth-order valence-corrected chi connectivity index (χ4v) is 2.38. The lowest BCUT2D eigenvalue weighted by molar-refractivity contribution is 0.0623. The fraction of sp³-hybridized carbons (Fsp3) is 0.385. The van der Waals surface area contributed by atoms with Gasteiger partial charge in [0.15, 0.2) is 0 Å². The molecule has 17 heavy (non-hydrogen) atoms. The highest BCUT2D eigenvalue weighted by Gasteiger charge is 2.33. The van der Waals surface area contributed by atoms with Gasteiger partial charge in [0.1, 0.15) is 5.60 Å². The Balaban J connectivity index is 3.02. The third-order valence-corrected chi connectivity index (χ3v) is 3.83. The number of alkyl halides is 1. The highest BCUT2D eigenvalue weighted by molar-refractivity contribution is 6.33. The molecule has 1 unspecified atom stereocenters. The zero-order valence-corrected chi connectivity index (χ0v) is 12.0. The zero-order chi connectivity index (χ0) is 13.1. The third-order valence-electron chi connectivity index (χ3n) is 2.74. The molecule has 1 atom stereocenters. The first-order chi connectivity index (χ1) is 7.90. The van der Waals surface area contributed by atoms with Crippen molar-refractivity contribution in [3.8, 4) is 0 Å². The van der Waals surface area contributed by atoms with E-state index in [2.05, 4.69) is 0 Å². The largest absolute Gasteiger partial charge is 0.383 e. The molecule has 0 spiro atoms. The van der Waals surface area contributed by atoms with E-state index in [0.29, 0.717) is 10.1 Å². The van der Waals surface area contributed by atoms with Gasteiger partial charge in [0.05, 0.1) is 10.9 Å². The molecule has 0 saturated carbocycles. The Morgan fingerprint density at radius 2 is 1.88 bits per heavy atom. The number of benzene rings is 1. The van der Waals surface area contributed by atoms with Gasteiger partial charge in [-0.25, -0.2) is 0 Å². The third kappa shape index (κ3) is 3.62. The lowest BCUT2D eigenvalue weighted by Crippen LogP contribution is -2.37. The van der Waals surface area contributed by atoms with Crippen LogP contribution in [-0.4, -0.2) is 16.6 Å². The predicted molar refractivity (Wildman–Crippen MR) is 75.8 cm³/mol. The highest BCUT2D eigenvalue weighted by atomic mass is 35.5. The van der Waals surface area contributed by atoms with Crippen LogP contribution in [0, 0.1) is 5.92 Å². The van der Waals surface area contributed by atoms with E-state index in [9.17, 15) is 5.11 Å². The molecule has 1 rings (SSSR count). The summed E-state index contributed by atoms with van der Waals surface area (Å²) in [6.07, 6.45) is 1.71. The van der Waals surface area contributed by atoms with Crippen molar-refractivity contribution in [2.24, 2.45) is 5.92 Å². The van der Waals surface area contributed by atoms with E-state index in [-0.39, 0.29) is 11.8 Å². The summed E-state index contributed by atoms with van der Waals surface area (Å²) in [5, 5.41) is 11.3. The monoisotopic (exact) mass is 292 g/mol. The molecule has 94 valence electrons. The molecule has 0 aliphatic carbocycles. The molecule has 0 amide bonds. The van der Waals surface area contributed by atoms with Gasteiger partial charge in [-0.3, -0.25) is 0 Å². The second-order valence-corrected chi connectivity index (χ2v) is 5.37. The van der Waals surface area contributed by atoms with Crippen LogP contribution >= 0.6 is 34.8 Å². The van der Waals surface area contributed by atoms with Gasteiger partial charge in [-0.15, -0.1) is 11.6 Å². The summed E-state index contributed by atoms with van der Waals surface area (Å²) in [6, 6.07) is 7.21. The molecule has 4 heteroatoms. The molecule has 0 aromatic heterocycles. The van der Waals surface area contributed by atoms with Gasteiger partial charge in [0, 0.05) is 5.02 Å². The van der Waals surface area contributed by atoms with Crippen LogP contribution in [-0.2, 0) is 0 Å². The normalized spacial score (nSPS) is 16.1. The standard InChI is InChI=1S/C13H15Cl3O/c1-9(2)13(17,8-14)12(16)7-10-3-5-11(15)6-4-10/h3-7,9,17H,8H2,1-2H3. The summed E-state index contributed by atoms with van der Waals surface area (Å²) in [5.41, 5.74) is -0.313. The van der Waals surface area contributed by atoms with Crippen molar-refractivity contribution >= 4 is 40.9 Å². The number of rotatable bonds is 4. The van der Waals surface area contributed by atoms with E-state index in [1.807, 2.05) is 26.0 Å². The Kier molecular flexibility index (Phi) is 5.33. The molecular formula is C13H15Cl3O. The van der Waals surface area contributed by atoms with Crippen LogP contribution in [0.4, 0.5) is 0 Å². The van der Waals surface area contributed by atoms with Crippen LogP contribution in [0.1, 0.15) is 19.4 Å². The van der Waals surface area contributed by atoms with Gasteiger partial charge >= 0.3 is 0 Å². The Bertz CT molecular complexity index is 398. The quantitative estimate of drug-likeness (QED) is 0.808. The van der Waals surface area contributed by atoms with Crippen LogP contribution in [0.3, 0.4) is 0 Å². The Morgan fingerprint density at radius 1 is 1.35 bits per heavy atom. The van der Waals surface area contributed by atoms with E-state index in [4.69, 9.17) is 34.8 Å². The second-order valence-electron chi connectivity index (χ2n) is 4.26. The molecule has 1 aromatic rings. The molecule has 0 saturated heterocycles. The van der Waals surface area contributed by atoms with Crippen LogP contribution in [0.2, 0.25) is 5.02 Å². The SMILES string of the molecule is CC(C)C(O)(CCl)C(Cl)=Cc1ccc(Cl)cc1. The maximum Gasteiger partial charge on any atom is 0.116 e.